The maximum atomic E-state index is 15.8. The third kappa shape index (κ3) is 10.2. The highest BCUT2D eigenvalue weighted by Gasteiger charge is 2.78. The van der Waals surface area contributed by atoms with Crippen LogP contribution in [0.4, 0.5) is 4.79 Å². The number of nitrogens with one attached hydrogen (secondary N) is 1. The Morgan fingerprint density at radius 1 is 0.971 bits per heavy atom. The number of benzene rings is 2. The zero-order valence-electron chi connectivity index (χ0n) is 41.5. The third-order valence-electron chi connectivity index (χ3n) is 14.1. The predicted octanol–water partition coefficient (Wildman–Crippen LogP) is 5.71. The van der Waals surface area contributed by atoms with Crippen molar-refractivity contribution in [1.82, 2.24) is 10.2 Å². The number of esters is 4. The number of aliphatic hydroxyl groups is 2. The van der Waals surface area contributed by atoms with E-state index in [4.69, 9.17) is 33.2 Å². The number of aliphatic hydroxyl groups excluding tert-OH is 1. The minimum Gasteiger partial charge on any atom is -0.487 e. The number of allylic oxidation sites excluding steroid dienone is 1. The Balaban J connectivity index is 1.57. The maximum absolute atomic E-state index is 15.8. The molecule has 17 heteroatoms. The van der Waals surface area contributed by atoms with E-state index in [1.54, 1.807) is 109 Å². The van der Waals surface area contributed by atoms with E-state index >= 15 is 9.59 Å². The van der Waals surface area contributed by atoms with Crippen LogP contribution in [0.3, 0.4) is 0 Å². The van der Waals surface area contributed by atoms with Gasteiger partial charge in [-0.15, -0.1) is 0 Å². The van der Waals surface area contributed by atoms with E-state index in [1.807, 2.05) is 6.92 Å². The molecule has 1 saturated heterocycles. The van der Waals surface area contributed by atoms with Crippen LogP contribution in [-0.4, -0.2) is 131 Å². The summed E-state index contributed by atoms with van der Waals surface area (Å²) in [7, 11) is 1.71. The second-order valence-electron chi connectivity index (χ2n) is 20.6. The van der Waals surface area contributed by atoms with Crippen molar-refractivity contribution in [2.75, 3.05) is 26.7 Å². The van der Waals surface area contributed by atoms with E-state index in [0.29, 0.717) is 18.5 Å². The molecule has 6 rings (SSSR count). The number of Topliss-reactive ketones (excluding diaryl/α,β-unsaturated/α-hetero) is 1. The first-order valence-electron chi connectivity index (χ1n) is 23.4. The number of fused-ring (bicyclic) bond motifs is 5. The van der Waals surface area contributed by atoms with Gasteiger partial charge in [-0.2, -0.15) is 0 Å². The first-order valence-corrected chi connectivity index (χ1v) is 23.4. The summed E-state index contributed by atoms with van der Waals surface area (Å²) in [6.07, 6.45) is -10.2. The summed E-state index contributed by atoms with van der Waals surface area (Å²) in [6.45, 7) is 19.9. The van der Waals surface area contributed by atoms with Gasteiger partial charge in [0.05, 0.1) is 41.9 Å². The molecule has 17 nitrogen and oxygen atoms in total. The van der Waals surface area contributed by atoms with E-state index in [9.17, 15) is 29.4 Å². The fraction of sp³-hybridized carbons (Fsp3) is 0.577. The van der Waals surface area contributed by atoms with Crippen molar-refractivity contribution in [3.63, 3.8) is 0 Å². The molecule has 3 unspecified atom stereocenters. The number of nitrogens with zero attached hydrogens (tertiary/aromatic N) is 1. The fourth-order valence-corrected chi connectivity index (χ4v) is 10.8. The smallest absolute Gasteiger partial charge is 0.408 e. The predicted molar refractivity (Wildman–Crippen MR) is 249 cm³/mol. The van der Waals surface area contributed by atoms with Gasteiger partial charge in [0.15, 0.2) is 17.5 Å². The molecule has 11 atom stereocenters. The molecule has 69 heavy (non-hydrogen) atoms. The molecule has 0 aromatic heterocycles. The van der Waals surface area contributed by atoms with Crippen LogP contribution in [0.1, 0.15) is 110 Å². The first-order chi connectivity index (χ1) is 32.2. The van der Waals surface area contributed by atoms with Crippen LogP contribution in [-0.2, 0) is 52.3 Å². The average molecular weight is 961 g/mol. The third-order valence-corrected chi connectivity index (χ3v) is 14.1. The SMILES string of the molecule is C=C(C)O[C@@]12COC1C[C@H](O)[C@@]1(C)C(=O)[C@H](OC(C)=O)C3=C(C)[C@@H](OC(=O)[C@H](OC(=O)CN(C)CCC)[C@@H](NC(=O)OC(C)(C)C)c4ccccc4)C[C@@](O)(C(OC(=O)c4ccccc4)C21)C3(C)C. The van der Waals surface area contributed by atoms with E-state index < -0.39 is 118 Å². The summed E-state index contributed by atoms with van der Waals surface area (Å²) in [4.78, 5) is 87.6. The standard InChI is InChI=1S/C52H68N2O15/c1-13-24-54(12)27-37(57)66-41(39(32-20-16-14-17-21-32)53-47(61)69-48(6,7)8)46(60)65-34-26-52(62)44(67-45(59)33-22-18-15-19-23-33)42-50(11,35(56)25-36-51(42,28-63-36)68-29(2)3)43(58)40(64-31(5)55)38(30(34)4)49(52,9)10/h14-23,34-36,39-42,44,56,62H,2,13,24-28H2,1,3-12H3,(H,53,61)/t34-,35-,36?,39-,40+,41+,42?,44?,50+,51-,52+/m0/s1. The Labute approximate surface area is 403 Å². The normalized spacial score (nSPS) is 30.1. The molecule has 3 fully saturated rings. The number of likely N-dealkylation sites (N-methyl/N-ethyl adjacent to an activating group) is 1. The summed E-state index contributed by atoms with van der Waals surface area (Å²) in [5, 5.41) is 28.9. The largest absolute Gasteiger partial charge is 0.487 e. The fourth-order valence-electron chi connectivity index (χ4n) is 10.8. The monoisotopic (exact) mass is 960 g/mol. The second kappa shape index (κ2) is 20.0. The average Bonchev–Trinajstić information content (AvgIpc) is 3.25. The molecule has 0 radical (unpaired) electrons. The summed E-state index contributed by atoms with van der Waals surface area (Å²) in [5.41, 5.74) is -7.88. The number of carbonyl (C=O) groups excluding carboxylic acids is 6. The van der Waals surface area contributed by atoms with Gasteiger partial charge in [-0.1, -0.05) is 75.9 Å². The van der Waals surface area contributed by atoms with Crippen molar-refractivity contribution in [3.8, 4) is 0 Å². The van der Waals surface area contributed by atoms with E-state index in [2.05, 4.69) is 11.9 Å². The van der Waals surface area contributed by atoms with Gasteiger partial charge in [-0.25, -0.2) is 14.4 Å². The zero-order valence-corrected chi connectivity index (χ0v) is 41.5. The lowest BCUT2D eigenvalue weighted by Gasteiger charge is -2.67. The summed E-state index contributed by atoms with van der Waals surface area (Å²) >= 11 is 0. The summed E-state index contributed by atoms with van der Waals surface area (Å²) in [5.74, 6) is -5.79. The molecule has 3 N–H and O–H groups in total. The molecule has 376 valence electrons. The molecule has 2 aromatic rings. The van der Waals surface area contributed by atoms with Crippen molar-refractivity contribution in [3.05, 3.63) is 95.3 Å². The number of alkyl carbamates (subject to hydrolysis) is 1. The molecule has 0 spiro atoms. The minimum absolute atomic E-state index is 0.0185. The molecule has 2 bridgehead atoms. The first kappa shape index (κ1) is 52.7. The van der Waals surface area contributed by atoms with Crippen molar-refractivity contribution in [2.45, 2.75) is 148 Å². The minimum atomic E-state index is -2.37. The van der Waals surface area contributed by atoms with Gasteiger partial charge in [0, 0.05) is 25.2 Å². The number of carbonyl (C=O) groups is 6. The zero-order chi connectivity index (χ0) is 51.0. The molecule has 1 aliphatic heterocycles. The van der Waals surface area contributed by atoms with Crippen LogP contribution < -0.4 is 5.32 Å². The lowest BCUT2D eigenvalue weighted by Crippen LogP contribution is -2.81. The van der Waals surface area contributed by atoms with Crippen molar-refractivity contribution in [1.29, 1.82) is 0 Å². The Kier molecular flexibility index (Phi) is 15.3. The maximum Gasteiger partial charge on any atom is 0.408 e. The van der Waals surface area contributed by atoms with E-state index in [0.717, 1.165) is 6.92 Å². The van der Waals surface area contributed by atoms with Gasteiger partial charge in [0.1, 0.15) is 35.6 Å². The van der Waals surface area contributed by atoms with Crippen LogP contribution in [0, 0.1) is 16.7 Å². The molecular weight excluding hydrogens is 893 g/mol. The molecule has 2 saturated carbocycles. The number of amides is 1. The van der Waals surface area contributed by atoms with Crippen LogP contribution in [0.25, 0.3) is 0 Å². The molecule has 4 aliphatic rings. The van der Waals surface area contributed by atoms with Crippen molar-refractivity contribution >= 4 is 35.8 Å². The Morgan fingerprint density at radius 2 is 1.59 bits per heavy atom. The topological polar surface area (TPSA) is 223 Å². The van der Waals surface area contributed by atoms with Gasteiger partial charge < -0.3 is 48.7 Å². The number of hydrogen-bond acceptors (Lipinski definition) is 16. The van der Waals surface area contributed by atoms with Gasteiger partial charge in [0.25, 0.3) is 0 Å². The van der Waals surface area contributed by atoms with Crippen molar-refractivity contribution < 1.29 is 72.1 Å². The van der Waals surface area contributed by atoms with Gasteiger partial charge >= 0.3 is 30.0 Å². The van der Waals surface area contributed by atoms with E-state index in [1.165, 1.54) is 19.1 Å². The number of ether oxygens (including phenoxy) is 7. The van der Waals surface area contributed by atoms with Gasteiger partial charge in [0.2, 0.25) is 6.10 Å². The second-order valence-corrected chi connectivity index (χ2v) is 20.6. The lowest BCUT2D eigenvalue weighted by molar-refractivity contribution is -0.347. The number of rotatable bonds is 15. The molecule has 1 amide bonds. The Morgan fingerprint density at radius 3 is 2.14 bits per heavy atom. The summed E-state index contributed by atoms with van der Waals surface area (Å²) in [6, 6.07) is 14.9. The number of ketones is 1. The molecular formula is C52H68N2O15. The van der Waals surface area contributed by atoms with Crippen LogP contribution in [0.2, 0.25) is 0 Å². The highest BCUT2D eigenvalue weighted by atomic mass is 16.6. The van der Waals surface area contributed by atoms with Crippen molar-refractivity contribution in [2.24, 2.45) is 16.7 Å². The Hall–Kier alpha value is -5.62. The quantitative estimate of drug-likeness (QED) is 0.0842. The van der Waals surface area contributed by atoms with Gasteiger partial charge in [-0.3, -0.25) is 19.3 Å². The van der Waals surface area contributed by atoms with Crippen LogP contribution >= 0.6 is 0 Å². The molecule has 1 heterocycles. The van der Waals surface area contributed by atoms with Crippen LogP contribution in [0.5, 0.6) is 0 Å². The summed E-state index contributed by atoms with van der Waals surface area (Å²) < 4.78 is 43.1. The van der Waals surface area contributed by atoms with Gasteiger partial charge in [-0.05, 0) is 90.4 Å². The Bertz CT molecular complexity index is 2330. The molecule has 3 aliphatic carbocycles. The molecule has 2 aromatic carbocycles. The number of hydrogen-bond donors (Lipinski definition) is 3. The van der Waals surface area contributed by atoms with E-state index in [-0.39, 0.29) is 42.0 Å². The highest BCUT2D eigenvalue weighted by molar-refractivity contribution is 5.95. The van der Waals surface area contributed by atoms with Crippen LogP contribution in [0.15, 0.2) is 84.1 Å². The lowest BCUT2D eigenvalue weighted by atomic mass is 9.44. The highest BCUT2D eigenvalue weighted by Crippen LogP contribution is 2.64.